The van der Waals surface area contributed by atoms with E-state index in [2.05, 4.69) is 15.1 Å². The van der Waals surface area contributed by atoms with E-state index in [4.69, 9.17) is 0 Å². The lowest BCUT2D eigenvalue weighted by Crippen LogP contribution is -2.03. The average molecular weight is 89.0 g/mol. The van der Waals surface area contributed by atoms with Crippen LogP contribution in [-0.4, -0.2) is 12.9 Å². The molecule has 0 aliphatic carbocycles. The summed E-state index contributed by atoms with van der Waals surface area (Å²) in [6.45, 7) is 0.166. The van der Waals surface area contributed by atoms with E-state index in [1.54, 1.807) is 0 Å². The summed E-state index contributed by atoms with van der Waals surface area (Å²) in [5.74, 6) is 0. The van der Waals surface area contributed by atoms with Gasteiger partial charge in [-0.25, -0.2) is 4.79 Å². The Morgan fingerprint density at radius 2 is 2.67 bits per heavy atom. The van der Waals surface area contributed by atoms with Crippen molar-refractivity contribution in [2.75, 3.05) is 6.73 Å². The predicted octanol–water partition coefficient (Wildman–Crippen LogP) is -0.385. The van der Waals surface area contributed by atoms with Crippen LogP contribution >= 0.6 is 0 Å². The molecule has 34 valence electrons. The van der Waals surface area contributed by atoms with Gasteiger partial charge >= 0.3 is 6.16 Å². The van der Waals surface area contributed by atoms with Crippen LogP contribution in [-0.2, 0) is 9.57 Å². The van der Waals surface area contributed by atoms with Gasteiger partial charge in [0.05, 0.1) is 0 Å². The number of cyclic esters (lactones) is 1. The summed E-state index contributed by atoms with van der Waals surface area (Å²) in [5, 5.41) is 0. The number of carbonyl (C=O) groups is 1. The monoisotopic (exact) mass is 89.0 g/mol. The van der Waals surface area contributed by atoms with Crippen molar-refractivity contribution >= 4 is 6.16 Å². The topological polar surface area (TPSA) is 47.6 Å². The van der Waals surface area contributed by atoms with Crippen LogP contribution in [0.25, 0.3) is 0 Å². The van der Waals surface area contributed by atoms with Gasteiger partial charge in [0, 0.05) is 0 Å². The van der Waals surface area contributed by atoms with Crippen molar-refractivity contribution in [3.05, 3.63) is 0 Å². The van der Waals surface area contributed by atoms with Crippen molar-refractivity contribution < 1.29 is 14.4 Å². The van der Waals surface area contributed by atoms with Gasteiger partial charge in [0.25, 0.3) is 0 Å². The summed E-state index contributed by atoms with van der Waals surface area (Å²) < 4.78 is 4.18. The highest BCUT2D eigenvalue weighted by Crippen LogP contribution is 1.85. The lowest BCUT2D eigenvalue weighted by molar-refractivity contribution is 0.114. The van der Waals surface area contributed by atoms with Gasteiger partial charge in [-0.2, -0.15) is 0 Å². The van der Waals surface area contributed by atoms with Crippen LogP contribution in [0.4, 0.5) is 4.79 Å². The molecule has 0 aromatic rings. The molecule has 4 heteroatoms. The molecule has 0 saturated carbocycles. The SMILES string of the molecule is O=C1OCNO1. The minimum atomic E-state index is -0.657. The highest BCUT2D eigenvalue weighted by Gasteiger charge is 2.08. The van der Waals surface area contributed by atoms with Gasteiger partial charge in [-0.05, 0) is 0 Å². The van der Waals surface area contributed by atoms with Crippen molar-refractivity contribution in [3.63, 3.8) is 0 Å². The molecule has 6 heavy (non-hydrogen) atoms. The molecule has 1 heterocycles. The zero-order valence-electron chi connectivity index (χ0n) is 2.93. The first kappa shape index (κ1) is 3.42. The van der Waals surface area contributed by atoms with E-state index in [1.807, 2.05) is 0 Å². The second-order valence-electron chi connectivity index (χ2n) is 0.785. The van der Waals surface area contributed by atoms with Crippen LogP contribution in [0.3, 0.4) is 0 Å². The van der Waals surface area contributed by atoms with Gasteiger partial charge in [0.15, 0.2) is 6.73 Å². The molecule has 0 radical (unpaired) electrons. The van der Waals surface area contributed by atoms with Crippen molar-refractivity contribution in [1.29, 1.82) is 0 Å². The van der Waals surface area contributed by atoms with E-state index >= 15 is 0 Å². The average Bonchev–Trinajstić information content (AvgIpc) is 1.86. The number of rotatable bonds is 0. The van der Waals surface area contributed by atoms with Crippen molar-refractivity contribution in [1.82, 2.24) is 5.48 Å². The molecule has 1 aliphatic heterocycles. The van der Waals surface area contributed by atoms with Gasteiger partial charge < -0.3 is 9.57 Å². The zero-order chi connectivity index (χ0) is 4.41. The molecule has 0 aromatic carbocycles. The lowest BCUT2D eigenvalue weighted by atomic mass is 11.3. The van der Waals surface area contributed by atoms with Gasteiger partial charge in [0.1, 0.15) is 0 Å². The Morgan fingerprint density at radius 3 is 2.83 bits per heavy atom. The van der Waals surface area contributed by atoms with Crippen LogP contribution < -0.4 is 5.48 Å². The molecule has 0 amide bonds. The minimum Gasteiger partial charge on any atom is -0.414 e. The van der Waals surface area contributed by atoms with Gasteiger partial charge in [-0.15, -0.1) is 5.48 Å². The molecule has 0 unspecified atom stereocenters. The Kier molecular flexibility index (Phi) is 0.648. The van der Waals surface area contributed by atoms with E-state index < -0.39 is 6.16 Å². The van der Waals surface area contributed by atoms with E-state index in [1.165, 1.54) is 0 Å². The molecule has 1 rings (SSSR count). The maximum atomic E-state index is 9.74. The number of carbonyl (C=O) groups excluding carboxylic acids is 1. The summed E-state index contributed by atoms with van der Waals surface area (Å²) in [6, 6.07) is 0. The largest absolute Gasteiger partial charge is 0.529 e. The number of ether oxygens (including phenoxy) is 1. The first-order valence-electron chi connectivity index (χ1n) is 1.46. The molecule has 1 aliphatic rings. The second-order valence-corrected chi connectivity index (χ2v) is 0.785. The van der Waals surface area contributed by atoms with Crippen LogP contribution in [0.1, 0.15) is 0 Å². The Bertz CT molecular complexity index is 63.2. The molecule has 1 saturated heterocycles. The fourth-order valence-corrected chi connectivity index (χ4v) is 0.206. The fourth-order valence-electron chi connectivity index (χ4n) is 0.206. The van der Waals surface area contributed by atoms with Crippen LogP contribution in [0.2, 0.25) is 0 Å². The first-order valence-corrected chi connectivity index (χ1v) is 1.46. The number of hydrogen-bond donors (Lipinski definition) is 1. The number of nitrogens with one attached hydrogen (secondary N) is 1. The van der Waals surface area contributed by atoms with Crippen LogP contribution in [0.15, 0.2) is 0 Å². The summed E-state index contributed by atoms with van der Waals surface area (Å²) in [4.78, 5) is 13.8. The van der Waals surface area contributed by atoms with E-state index in [0.717, 1.165) is 0 Å². The fraction of sp³-hybridized carbons (Fsp3) is 0.500. The number of hydrogen-bond acceptors (Lipinski definition) is 4. The predicted molar refractivity (Wildman–Crippen MR) is 15.6 cm³/mol. The molecule has 0 spiro atoms. The summed E-state index contributed by atoms with van der Waals surface area (Å²) in [6.07, 6.45) is -0.657. The molecule has 0 atom stereocenters. The van der Waals surface area contributed by atoms with E-state index in [-0.39, 0.29) is 6.73 Å². The quantitative estimate of drug-likeness (QED) is 0.411. The smallest absolute Gasteiger partial charge is 0.414 e. The summed E-state index contributed by atoms with van der Waals surface area (Å²) in [5.41, 5.74) is 2.20. The Hall–Kier alpha value is -0.770. The zero-order valence-corrected chi connectivity index (χ0v) is 2.93. The van der Waals surface area contributed by atoms with Crippen LogP contribution in [0.5, 0.6) is 0 Å². The molecule has 0 bridgehead atoms. The van der Waals surface area contributed by atoms with Crippen molar-refractivity contribution in [3.8, 4) is 0 Å². The molecular formula is C2H3NO3. The third kappa shape index (κ3) is 0.414. The molecular weight excluding hydrogens is 86.0 g/mol. The van der Waals surface area contributed by atoms with Crippen molar-refractivity contribution in [2.24, 2.45) is 0 Å². The summed E-state index contributed by atoms with van der Waals surface area (Å²) in [7, 11) is 0. The van der Waals surface area contributed by atoms with Crippen LogP contribution in [0, 0.1) is 0 Å². The van der Waals surface area contributed by atoms with Crippen molar-refractivity contribution in [2.45, 2.75) is 0 Å². The Labute approximate surface area is 34.0 Å². The van der Waals surface area contributed by atoms with E-state index in [9.17, 15) is 4.79 Å². The van der Waals surface area contributed by atoms with E-state index in [0.29, 0.717) is 0 Å². The highest BCUT2D eigenvalue weighted by molar-refractivity contribution is 5.60. The standard InChI is InChI=1S/C2H3NO3/c4-2-5-1-3-6-2/h3H,1H2. The first-order chi connectivity index (χ1) is 2.89. The van der Waals surface area contributed by atoms with Gasteiger partial charge in [0.2, 0.25) is 0 Å². The highest BCUT2D eigenvalue weighted by atomic mass is 16.9. The maximum Gasteiger partial charge on any atom is 0.529 e. The Morgan fingerprint density at radius 1 is 1.83 bits per heavy atom. The third-order valence-electron chi connectivity index (χ3n) is 0.404. The molecule has 0 aromatic heterocycles. The maximum absolute atomic E-state index is 9.74. The van der Waals surface area contributed by atoms with Gasteiger partial charge in [-0.1, -0.05) is 0 Å². The number of hydroxylamine groups is 1. The summed E-state index contributed by atoms with van der Waals surface area (Å²) >= 11 is 0. The molecule has 1 N–H and O–H groups in total. The molecule has 4 nitrogen and oxygen atoms in total. The molecule has 1 fully saturated rings. The van der Waals surface area contributed by atoms with Gasteiger partial charge in [-0.3, -0.25) is 0 Å². The lowest BCUT2D eigenvalue weighted by Gasteiger charge is -1.76. The third-order valence-corrected chi connectivity index (χ3v) is 0.404. The minimum absolute atomic E-state index is 0.166. The second kappa shape index (κ2) is 1.14. The Balaban J connectivity index is 2.37. The normalized spacial score (nSPS) is 19.7.